The molecule has 6 nitrogen and oxygen atoms in total. The Morgan fingerprint density at radius 1 is 0.938 bits per heavy atom. The van der Waals surface area contributed by atoms with Gasteiger partial charge in [-0.2, -0.15) is 0 Å². The number of hydrogen-bond acceptors (Lipinski definition) is 4. The Kier molecular flexibility index (Phi) is 8.04. The van der Waals surface area contributed by atoms with Crippen molar-refractivity contribution in [1.82, 2.24) is 20.4 Å². The van der Waals surface area contributed by atoms with Gasteiger partial charge in [-0.25, -0.2) is 0 Å². The summed E-state index contributed by atoms with van der Waals surface area (Å²) in [4.78, 5) is 29.9. The van der Waals surface area contributed by atoms with E-state index in [9.17, 15) is 9.59 Å². The molecule has 1 aliphatic heterocycles. The molecule has 1 heterocycles. The molecule has 2 N–H and O–H groups in total. The van der Waals surface area contributed by atoms with Gasteiger partial charge in [0.2, 0.25) is 5.91 Å². The van der Waals surface area contributed by atoms with Crippen molar-refractivity contribution in [3.05, 3.63) is 71.3 Å². The first-order valence-electron chi connectivity index (χ1n) is 11.4. The summed E-state index contributed by atoms with van der Waals surface area (Å²) in [5.74, 6) is -0.427. The smallest absolute Gasteiger partial charge is 0.251 e. The Bertz CT molecular complexity index is 882. The van der Waals surface area contributed by atoms with Crippen LogP contribution < -0.4 is 10.6 Å². The van der Waals surface area contributed by atoms with Crippen LogP contribution in [0.1, 0.15) is 48.3 Å². The first-order valence-corrected chi connectivity index (χ1v) is 11.4. The van der Waals surface area contributed by atoms with Crippen LogP contribution in [0.25, 0.3) is 0 Å². The van der Waals surface area contributed by atoms with Gasteiger partial charge in [-0.1, -0.05) is 63.2 Å². The Morgan fingerprint density at radius 3 is 2.16 bits per heavy atom. The average Bonchev–Trinajstić information content (AvgIpc) is 2.78. The third kappa shape index (κ3) is 6.90. The van der Waals surface area contributed by atoms with E-state index in [0.29, 0.717) is 5.56 Å². The van der Waals surface area contributed by atoms with Crippen molar-refractivity contribution < 1.29 is 9.59 Å². The fourth-order valence-corrected chi connectivity index (χ4v) is 3.84. The number of likely N-dealkylation sites (N-methyl/N-ethyl adjacent to an activating group) is 1. The Morgan fingerprint density at radius 2 is 1.56 bits per heavy atom. The van der Waals surface area contributed by atoms with E-state index in [2.05, 4.69) is 48.3 Å². The molecule has 1 atom stereocenters. The molecular formula is C26H36N4O2. The number of carbonyl (C=O) groups is 2. The number of rotatable bonds is 7. The average molecular weight is 437 g/mol. The van der Waals surface area contributed by atoms with Crippen molar-refractivity contribution in [1.29, 1.82) is 0 Å². The van der Waals surface area contributed by atoms with Crippen molar-refractivity contribution in [2.24, 2.45) is 0 Å². The van der Waals surface area contributed by atoms with Crippen LogP contribution in [0.5, 0.6) is 0 Å². The fraction of sp³-hybridized carbons (Fsp3) is 0.462. The molecule has 1 aliphatic rings. The quantitative estimate of drug-likeness (QED) is 0.701. The highest BCUT2D eigenvalue weighted by atomic mass is 16.2. The molecule has 0 bridgehead atoms. The minimum Gasteiger partial charge on any atom is -0.346 e. The summed E-state index contributed by atoms with van der Waals surface area (Å²) in [5, 5.41) is 5.87. The maximum Gasteiger partial charge on any atom is 0.251 e. The summed E-state index contributed by atoms with van der Waals surface area (Å²) >= 11 is 0. The topological polar surface area (TPSA) is 64.7 Å². The molecule has 0 radical (unpaired) electrons. The Labute approximate surface area is 192 Å². The SMILES string of the molecule is CN1CCN(CC(NC(=O)CNC(=O)c2ccc(C(C)(C)C)cc2)c2ccccc2)CC1. The lowest BCUT2D eigenvalue weighted by Gasteiger charge is -2.35. The largest absolute Gasteiger partial charge is 0.346 e. The third-order valence-corrected chi connectivity index (χ3v) is 6.00. The molecule has 0 spiro atoms. The van der Waals surface area contributed by atoms with Crippen LogP contribution in [0.4, 0.5) is 0 Å². The molecule has 1 saturated heterocycles. The Balaban J connectivity index is 1.57. The minimum absolute atomic E-state index is 0.0329. The van der Waals surface area contributed by atoms with E-state index >= 15 is 0 Å². The highest BCUT2D eigenvalue weighted by molar-refractivity contribution is 5.96. The van der Waals surface area contributed by atoms with Gasteiger partial charge in [0.25, 0.3) is 5.91 Å². The molecule has 1 unspecified atom stereocenters. The van der Waals surface area contributed by atoms with Crippen molar-refractivity contribution in [2.45, 2.75) is 32.2 Å². The first kappa shape index (κ1) is 24.0. The van der Waals surface area contributed by atoms with Crippen LogP contribution >= 0.6 is 0 Å². The van der Waals surface area contributed by atoms with Gasteiger partial charge in [0.05, 0.1) is 12.6 Å². The molecule has 3 rings (SSSR count). The first-order chi connectivity index (χ1) is 15.2. The molecular weight excluding hydrogens is 400 g/mol. The number of nitrogens with one attached hydrogen (secondary N) is 2. The second-order valence-electron chi connectivity index (χ2n) is 9.64. The molecule has 6 heteroatoms. The lowest BCUT2D eigenvalue weighted by atomic mass is 9.87. The zero-order valence-electron chi connectivity index (χ0n) is 19.7. The van der Waals surface area contributed by atoms with E-state index in [1.54, 1.807) is 0 Å². The number of benzene rings is 2. The van der Waals surface area contributed by atoms with Gasteiger partial charge < -0.3 is 15.5 Å². The molecule has 2 amide bonds. The molecule has 32 heavy (non-hydrogen) atoms. The summed E-state index contributed by atoms with van der Waals surface area (Å²) in [6.07, 6.45) is 0. The Hall–Kier alpha value is -2.70. The second-order valence-corrected chi connectivity index (χ2v) is 9.64. The van der Waals surface area contributed by atoms with Crippen molar-refractivity contribution in [3.63, 3.8) is 0 Å². The summed E-state index contributed by atoms with van der Waals surface area (Å²) in [7, 11) is 2.13. The predicted molar refractivity (Wildman–Crippen MR) is 129 cm³/mol. The number of amides is 2. The molecule has 172 valence electrons. The van der Waals surface area contributed by atoms with Gasteiger partial charge in [0.1, 0.15) is 0 Å². The van der Waals surface area contributed by atoms with Crippen molar-refractivity contribution in [3.8, 4) is 0 Å². The third-order valence-electron chi connectivity index (χ3n) is 6.00. The molecule has 2 aromatic rings. The molecule has 0 saturated carbocycles. The highest BCUT2D eigenvalue weighted by Gasteiger charge is 2.21. The molecule has 0 aromatic heterocycles. The van der Waals surface area contributed by atoms with Crippen molar-refractivity contribution in [2.75, 3.05) is 46.3 Å². The van der Waals surface area contributed by atoms with Gasteiger partial charge in [0, 0.05) is 38.3 Å². The summed E-state index contributed by atoms with van der Waals surface area (Å²) in [6, 6.07) is 17.5. The second kappa shape index (κ2) is 10.7. The maximum absolute atomic E-state index is 12.7. The van der Waals surface area contributed by atoms with Gasteiger partial charge in [-0.15, -0.1) is 0 Å². The van der Waals surface area contributed by atoms with Gasteiger partial charge in [-0.05, 0) is 35.7 Å². The van der Waals surface area contributed by atoms with E-state index in [4.69, 9.17) is 0 Å². The van der Waals surface area contributed by atoms with Crippen LogP contribution in [0.15, 0.2) is 54.6 Å². The zero-order valence-corrected chi connectivity index (χ0v) is 19.7. The zero-order chi connectivity index (χ0) is 23.1. The number of nitrogens with zero attached hydrogens (tertiary/aromatic N) is 2. The number of hydrogen-bond donors (Lipinski definition) is 2. The summed E-state index contributed by atoms with van der Waals surface area (Å²) in [6.45, 7) is 11.1. The van der Waals surface area contributed by atoms with Crippen LogP contribution in [-0.4, -0.2) is 67.9 Å². The van der Waals surface area contributed by atoms with Crippen LogP contribution in [0.2, 0.25) is 0 Å². The maximum atomic E-state index is 12.7. The van der Waals surface area contributed by atoms with Gasteiger partial charge in [-0.3, -0.25) is 14.5 Å². The van der Waals surface area contributed by atoms with E-state index in [1.165, 1.54) is 5.56 Å². The van der Waals surface area contributed by atoms with E-state index in [0.717, 1.165) is 38.3 Å². The van der Waals surface area contributed by atoms with E-state index in [1.807, 2.05) is 54.6 Å². The monoisotopic (exact) mass is 436 g/mol. The van der Waals surface area contributed by atoms with Crippen LogP contribution in [0, 0.1) is 0 Å². The van der Waals surface area contributed by atoms with Crippen LogP contribution in [-0.2, 0) is 10.2 Å². The lowest BCUT2D eigenvalue weighted by molar-refractivity contribution is -0.121. The molecule has 0 aliphatic carbocycles. The molecule has 1 fully saturated rings. The predicted octanol–water partition coefficient (Wildman–Crippen LogP) is 2.82. The normalized spacial score (nSPS) is 16.4. The number of carbonyl (C=O) groups excluding carboxylic acids is 2. The van der Waals surface area contributed by atoms with Gasteiger partial charge >= 0.3 is 0 Å². The van der Waals surface area contributed by atoms with Gasteiger partial charge in [0.15, 0.2) is 0 Å². The minimum atomic E-state index is -0.240. The fourth-order valence-electron chi connectivity index (χ4n) is 3.84. The molecule has 2 aromatic carbocycles. The number of piperazine rings is 1. The van der Waals surface area contributed by atoms with E-state index < -0.39 is 0 Å². The standard InChI is InChI=1S/C26H36N4O2/c1-26(2,3)22-12-10-21(11-13-22)25(32)27-18-24(31)28-23(20-8-6-5-7-9-20)19-30-16-14-29(4)15-17-30/h5-13,23H,14-19H2,1-4H3,(H,27,32)(H,28,31). The summed E-state index contributed by atoms with van der Waals surface area (Å²) in [5.41, 5.74) is 2.83. The van der Waals surface area contributed by atoms with E-state index in [-0.39, 0.29) is 29.8 Å². The lowest BCUT2D eigenvalue weighted by Crippen LogP contribution is -2.48. The summed E-state index contributed by atoms with van der Waals surface area (Å²) < 4.78 is 0. The van der Waals surface area contributed by atoms with Crippen molar-refractivity contribution >= 4 is 11.8 Å². The highest BCUT2D eigenvalue weighted by Crippen LogP contribution is 2.22. The van der Waals surface area contributed by atoms with Crippen LogP contribution in [0.3, 0.4) is 0 Å².